The molecule has 1 rings (SSSR count). The van der Waals surface area contributed by atoms with Gasteiger partial charge in [-0.15, -0.1) is 0 Å². The number of hydrogen-bond acceptors (Lipinski definition) is 2. The number of amides is 1. The number of rotatable bonds is 9. The summed E-state index contributed by atoms with van der Waals surface area (Å²) in [4.78, 5) is 13.6. The summed E-state index contributed by atoms with van der Waals surface area (Å²) in [6, 6.07) is 0. The SMILES string of the molecule is CCCC[C@@H](CC)C(=O)NCCC[NH+]1CCOCC1. The molecule has 0 saturated carbocycles. The van der Waals surface area contributed by atoms with E-state index in [0.29, 0.717) is 0 Å². The van der Waals surface area contributed by atoms with Crippen LogP contribution in [0.4, 0.5) is 0 Å². The van der Waals surface area contributed by atoms with E-state index in [4.69, 9.17) is 4.74 Å². The fraction of sp³-hybridized carbons (Fsp3) is 0.933. The quantitative estimate of drug-likeness (QED) is 0.604. The van der Waals surface area contributed by atoms with E-state index >= 15 is 0 Å². The Kier molecular flexibility index (Phi) is 8.84. The Bertz CT molecular complexity index is 240. The van der Waals surface area contributed by atoms with Gasteiger partial charge in [-0.25, -0.2) is 0 Å². The number of ether oxygens (including phenoxy) is 1. The molecule has 1 fully saturated rings. The molecule has 0 unspecified atom stereocenters. The normalized spacial score (nSPS) is 18.2. The second-order valence-electron chi connectivity index (χ2n) is 5.50. The monoisotopic (exact) mass is 271 g/mol. The van der Waals surface area contributed by atoms with E-state index in [1.165, 1.54) is 6.42 Å². The predicted molar refractivity (Wildman–Crippen MR) is 77.3 cm³/mol. The van der Waals surface area contributed by atoms with Gasteiger partial charge in [0, 0.05) is 18.9 Å². The number of morpholine rings is 1. The van der Waals surface area contributed by atoms with E-state index < -0.39 is 0 Å². The van der Waals surface area contributed by atoms with Crippen molar-refractivity contribution in [1.82, 2.24) is 5.32 Å². The lowest BCUT2D eigenvalue weighted by Crippen LogP contribution is -3.14. The van der Waals surface area contributed by atoms with Crippen LogP contribution in [0.5, 0.6) is 0 Å². The summed E-state index contributed by atoms with van der Waals surface area (Å²) >= 11 is 0. The van der Waals surface area contributed by atoms with Gasteiger partial charge in [-0.1, -0.05) is 26.7 Å². The maximum absolute atomic E-state index is 12.0. The van der Waals surface area contributed by atoms with Gasteiger partial charge in [0.15, 0.2) is 0 Å². The molecule has 19 heavy (non-hydrogen) atoms. The Morgan fingerprint density at radius 2 is 2.00 bits per heavy atom. The van der Waals surface area contributed by atoms with Crippen molar-refractivity contribution in [1.29, 1.82) is 0 Å². The van der Waals surface area contributed by atoms with Crippen LogP contribution in [-0.4, -0.2) is 45.3 Å². The van der Waals surface area contributed by atoms with E-state index in [1.807, 2.05) is 0 Å². The van der Waals surface area contributed by atoms with Crippen LogP contribution in [0, 0.1) is 5.92 Å². The first-order valence-corrected chi connectivity index (χ1v) is 7.97. The molecular formula is C15H31N2O2+. The van der Waals surface area contributed by atoms with Crippen LogP contribution in [0.1, 0.15) is 46.0 Å². The lowest BCUT2D eigenvalue weighted by atomic mass is 9.98. The summed E-state index contributed by atoms with van der Waals surface area (Å²) in [5, 5.41) is 3.10. The number of quaternary nitrogens is 1. The third-order valence-electron chi connectivity index (χ3n) is 3.98. The Morgan fingerprint density at radius 1 is 1.26 bits per heavy atom. The van der Waals surface area contributed by atoms with Gasteiger partial charge in [0.1, 0.15) is 13.1 Å². The van der Waals surface area contributed by atoms with Crippen LogP contribution >= 0.6 is 0 Å². The third-order valence-corrected chi connectivity index (χ3v) is 3.98. The summed E-state index contributed by atoms with van der Waals surface area (Å²) in [5.74, 6) is 0.476. The molecule has 1 atom stereocenters. The molecule has 0 aliphatic carbocycles. The van der Waals surface area contributed by atoms with Crippen molar-refractivity contribution in [3.63, 3.8) is 0 Å². The minimum Gasteiger partial charge on any atom is -0.370 e. The fourth-order valence-electron chi connectivity index (χ4n) is 2.58. The zero-order chi connectivity index (χ0) is 13.9. The second-order valence-corrected chi connectivity index (χ2v) is 5.50. The highest BCUT2D eigenvalue weighted by Gasteiger charge is 2.16. The molecule has 4 heteroatoms. The van der Waals surface area contributed by atoms with Crippen molar-refractivity contribution < 1.29 is 14.4 Å². The standard InChI is InChI=1S/C15H30N2O2/c1-3-5-7-14(4-2)15(18)16-8-6-9-17-10-12-19-13-11-17/h14H,3-13H2,1-2H3,(H,16,18)/p+1/t14-/m1/s1. The topological polar surface area (TPSA) is 42.8 Å². The molecule has 1 aliphatic rings. The summed E-state index contributed by atoms with van der Waals surface area (Å²) in [6.07, 6.45) is 5.40. The largest absolute Gasteiger partial charge is 0.370 e. The van der Waals surface area contributed by atoms with Crippen LogP contribution < -0.4 is 10.2 Å². The number of carbonyl (C=O) groups excluding carboxylic acids is 1. The van der Waals surface area contributed by atoms with Crippen molar-refractivity contribution >= 4 is 5.91 Å². The molecule has 0 aromatic heterocycles. The van der Waals surface area contributed by atoms with Crippen LogP contribution in [0.2, 0.25) is 0 Å². The summed E-state index contributed by atoms with van der Waals surface area (Å²) < 4.78 is 5.34. The Balaban J connectivity index is 2.07. The zero-order valence-corrected chi connectivity index (χ0v) is 12.7. The molecule has 4 nitrogen and oxygen atoms in total. The van der Waals surface area contributed by atoms with Gasteiger partial charge in [0.2, 0.25) is 5.91 Å². The minimum atomic E-state index is 0.218. The minimum absolute atomic E-state index is 0.218. The molecule has 0 spiro atoms. The smallest absolute Gasteiger partial charge is 0.223 e. The lowest BCUT2D eigenvalue weighted by Gasteiger charge is -2.23. The number of unbranched alkanes of at least 4 members (excludes halogenated alkanes) is 1. The van der Waals surface area contributed by atoms with Crippen molar-refractivity contribution in [2.75, 3.05) is 39.4 Å². The first-order chi connectivity index (χ1) is 9.27. The van der Waals surface area contributed by atoms with Gasteiger partial charge in [0.25, 0.3) is 0 Å². The summed E-state index contributed by atoms with van der Waals surface area (Å²) in [7, 11) is 0. The molecule has 0 bridgehead atoms. The highest BCUT2D eigenvalue weighted by Crippen LogP contribution is 2.12. The predicted octanol–water partition coefficient (Wildman–Crippen LogP) is 0.624. The van der Waals surface area contributed by atoms with Gasteiger partial charge in [-0.05, 0) is 12.8 Å². The Morgan fingerprint density at radius 3 is 2.63 bits per heavy atom. The van der Waals surface area contributed by atoms with Crippen LogP contribution in [0.15, 0.2) is 0 Å². The maximum Gasteiger partial charge on any atom is 0.223 e. The molecule has 0 aromatic rings. The molecule has 1 heterocycles. The van der Waals surface area contributed by atoms with Crippen LogP contribution in [0.3, 0.4) is 0 Å². The van der Waals surface area contributed by atoms with Gasteiger partial charge in [0.05, 0.1) is 19.8 Å². The zero-order valence-electron chi connectivity index (χ0n) is 12.7. The van der Waals surface area contributed by atoms with Gasteiger partial charge in [-0.2, -0.15) is 0 Å². The molecule has 1 aliphatic heterocycles. The van der Waals surface area contributed by atoms with Gasteiger partial charge < -0.3 is 15.0 Å². The number of carbonyl (C=O) groups is 1. The Labute approximate surface area is 117 Å². The highest BCUT2D eigenvalue weighted by molar-refractivity contribution is 5.78. The maximum atomic E-state index is 12.0. The van der Waals surface area contributed by atoms with Crippen molar-refractivity contribution in [3.8, 4) is 0 Å². The van der Waals surface area contributed by atoms with Crippen LogP contribution in [0.25, 0.3) is 0 Å². The molecule has 2 N–H and O–H groups in total. The molecule has 1 amide bonds. The summed E-state index contributed by atoms with van der Waals surface area (Å²) in [6.45, 7) is 10.3. The van der Waals surface area contributed by atoms with Crippen LogP contribution in [-0.2, 0) is 9.53 Å². The van der Waals surface area contributed by atoms with E-state index in [2.05, 4.69) is 19.2 Å². The van der Waals surface area contributed by atoms with E-state index in [9.17, 15) is 4.79 Å². The second kappa shape index (κ2) is 10.2. The van der Waals surface area contributed by atoms with E-state index in [0.717, 1.165) is 65.1 Å². The number of nitrogens with one attached hydrogen (secondary N) is 2. The average Bonchev–Trinajstić information content (AvgIpc) is 2.45. The van der Waals surface area contributed by atoms with Crippen molar-refractivity contribution in [2.45, 2.75) is 46.0 Å². The number of hydrogen-bond donors (Lipinski definition) is 2. The van der Waals surface area contributed by atoms with Crippen molar-refractivity contribution in [3.05, 3.63) is 0 Å². The lowest BCUT2D eigenvalue weighted by molar-refractivity contribution is -0.908. The van der Waals surface area contributed by atoms with Crippen molar-refractivity contribution in [2.24, 2.45) is 5.92 Å². The van der Waals surface area contributed by atoms with Gasteiger partial charge >= 0.3 is 0 Å². The van der Waals surface area contributed by atoms with Gasteiger partial charge in [-0.3, -0.25) is 4.79 Å². The molecule has 0 radical (unpaired) electrons. The van der Waals surface area contributed by atoms with E-state index in [1.54, 1.807) is 4.90 Å². The molecule has 0 aromatic carbocycles. The fourth-order valence-corrected chi connectivity index (χ4v) is 2.58. The first-order valence-electron chi connectivity index (χ1n) is 7.97. The molecule has 1 saturated heterocycles. The third kappa shape index (κ3) is 6.92. The summed E-state index contributed by atoms with van der Waals surface area (Å²) in [5.41, 5.74) is 0. The highest BCUT2D eigenvalue weighted by atomic mass is 16.5. The average molecular weight is 271 g/mol. The first kappa shape index (κ1) is 16.4. The molecule has 112 valence electrons. The Hall–Kier alpha value is -0.610. The van der Waals surface area contributed by atoms with E-state index in [-0.39, 0.29) is 11.8 Å². The molecular weight excluding hydrogens is 240 g/mol.